The van der Waals surface area contributed by atoms with E-state index in [1.807, 2.05) is 36.4 Å². The highest BCUT2D eigenvalue weighted by atomic mass is 19.1. The number of aryl methyl sites for hydroxylation is 1. The number of anilines is 1. The molecule has 0 radical (unpaired) electrons. The Morgan fingerprint density at radius 1 is 0.875 bits per heavy atom. The molecule has 5 rings (SSSR count). The van der Waals surface area contributed by atoms with E-state index in [2.05, 4.69) is 24.0 Å². The fourth-order valence-electron chi connectivity index (χ4n) is 4.06. The molecule has 2 heterocycles. The van der Waals surface area contributed by atoms with Gasteiger partial charge >= 0.3 is 0 Å². The Kier molecular flexibility index (Phi) is 5.27. The molecule has 1 aliphatic heterocycles. The van der Waals surface area contributed by atoms with Gasteiger partial charge in [0.2, 0.25) is 0 Å². The van der Waals surface area contributed by atoms with Crippen LogP contribution < -0.4 is 4.90 Å². The monoisotopic (exact) mass is 426 g/mol. The van der Waals surface area contributed by atoms with Crippen LogP contribution in [0.3, 0.4) is 0 Å². The molecule has 1 amide bonds. The van der Waals surface area contributed by atoms with E-state index in [0.29, 0.717) is 37.6 Å². The Morgan fingerprint density at radius 3 is 2.38 bits per heavy atom. The number of halogens is 1. The maximum absolute atomic E-state index is 13.5. The van der Waals surface area contributed by atoms with Crippen molar-refractivity contribution in [2.24, 2.45) is 0 Å². The van der Waals surface area contributed by atoms with E-state index in [1.54, 1.807) is 17.0 Å². The highest BCUT2D eigenvalue weighted by Crippen LogP contribution is 2.28. The predicted molar refractivity (Wildman–Crippen MR) is 124 cm³/mol. The summed E-state index contributed by atoms with van der Waals surface area (Å²) in [6, 6.07) is 22.1. The molecule has 1 fully saturated rings. The van der Waals surface area contributed by atoms with E-state index in [1.165, 1.54) is 17.7 Å². The van der Waals surface area contributed by atoms with Gasteiger partial charge in [-0.05, 0) is 37.3 Å². The van der Waals surface area contributed by atoms with Crippen molar-refractivity contribution in [2.75, 3.05) is 31.1 Å². The number of hydrogen-bond acceptors (Lipinski definition) is 4. The highest BCUT2D eigenvalue weighted by Gasteiger charge is 2.25. The summed E-state index contributed by atoms with van der Waals surface area (Å²) in [6.07, 6.45) is 0. The Labute approximate surface area is 186 Å². The zero-order valence-corrected chi connectivity index (χ0v) is 17.8. The van der Waals surface area contributed by atoms with Crippen LogP contribution in [0.15, 0.2) is 72.8 Å². The number of para-hydroxylation sites is 1. The topological polar surface area (TPSA) is 49.3 Å². The first-order valence-electron chi connectivity index (χ1n) is 10.7. The van der Waals surface area contributed by atoms with Gasteiger partial charge in [-0.2, -0.15) is 0 Å². The van der Waals surface area contributed by atoms with E-state index in [-0.39, 0.29) is 5.91 Å². The molecule has 0 N–H and O–H groups in total. The third-order valence-corrected chi connectivity index (χ3v) is 5.83. The molecular formula is C26H23FN4O. The van der Waals surface area contributed by atoms with Crippen molar-refractivity contribution in [1.29, 1.82) is 0 Å². The molecule has 0 unspecified atom stereocenters. The van der Waals surface area contributed by atoms with Crippen LogP contribution in [-0.2, 0) is 0 Å². The number of nitrogens with zero attached hydrogens (tertiary/aromatic N) is 4. The van der Waals surface area contributed by atoms with E-state index < -0.39 is 5.82 Å². The number of hydrogen-bond donors (Lipinski definition) is 0. The number of amides is 1. The summed E-state index contributed by atoms with van der Waals surface area (Å²) in [7, 11) is 0. The maximum atomic E-state index is 13.5. The van der Waals surface area contributed by atoms with Gasteiger partial charge in [0.1, 0.15) is 11.6 Å². The lowest BCUT2D eigenvalue weighted by Crippen LogP contribution is -2.49. The number of fused-ring (bicyclic) bond motifs is 1. The molecule has 1 aliphatic rings. The molecule has 32 heavy (non-hydrogen) atoms. The minimum Gasteiger partial charge on any atom is -0.352 e. The fraction of sp³-hybridized carbons (Fsp3) is 0.192. The molecule has 5 nitrogen and oxygen atoms in total. The Morgan fingerprint density at radius 2 is 1.62 bits per heavy atom. The molecule has 0 atom stereocenters. The first kappa shape index (κ1) is 20.1. The normalized spacial score (nSPS) is 14.1. The van der Waals surface area contributed by atoms with Crippen molar-refractivity contribution in [2.45, 2.75) is 6.92 Å². The van der Waals surface area contributed by atoms with Gasteiger partial charge in [0.25, 0.3) is 5.91 Å². The summed E-state index contributed by atoms with van der Waals surface area (Å²) in [5, 5.41) is 0.994. The van der Waals surface area contributed by atoms with Crippen molar-refractivity contribution < 1.29 is 9.18 Å². The van der Waals surface area contributed by atoms with Crippen LogP contribution in [0.1, 0.15) is 15.9 Å². The fourth-order valence-corrected chi connectivity index (χ4v) is 4.06. The average Bonchev–Trinajstić information content (AvgIpc) is 2.83. The highest BCUT2D eigenvalue weighted by molar-refractivity contribution is 5.95. The quantitative estimate of drug-likeness (QED) is 0.476. The molecule has 4 aromatic rings. The summed E-state index contributed by atoms with van der Waals surface area (Å²) in [6.45, 7) is 4.45. The van der Waals surface area contributed by atoms with Crippen LogP contribution in [0.2, 0.25) is 0 Å². The van der Waals surface area contributed by atoms with Gasteiger partial charge in [-0.1, -0.05) is 48.0 Å². The number of piperazine rings is 1. The van der Waals surface area contributed by atoms with Gasteiger partial charge < -0.3 is 9.80 Å². The van der Waals surface area contributed by atoms with Gasteiger partial charge in [0.05, 0.1) is 5.52 Å². The van der Waals surface area contributed by atoms with E-state index >= 15 is 0 Å². The molecule has 0 aliphatic carbocycles. The first-order chi connectivity index (χ1) is 15.6. The zero-order chi connectivity index (χ0) is 22.1. The number of carbonyl (C=O) groups is 1. The molecule has 6 heteroatoms. The zero-order valence-electron chi connectivity index (χ0n) is 17.8. The minimum absolute atomic E-state index is 0.142. The predicted octanol–water partition coefficient (Wildman–Crippen LogP) is 4.71. The molecule has 160 valence electrons. The summed E-state index contributed by atoms with van der Waals surface area (Å²) in [4.78, 5) is 26.5. The van der Waals surface area contributed by atoms with Gasteiger partial charge in [0.15, 0.2) is 5.82 Å². The van der Waals surface area contributed by atoms with Crippen molar-refractivity contribution in [3.05, 3.63) is 89.7 Å². The number of carbonyl (C=O) groups excluding carboxylic acids is 1. The van der Waals surface area contributed by atoms with E-state index in [9.17, 15) is 9.18 Å². The van der Waals surface area contributed by atoms with Gasteiger partial charge in [-0.15, -0.1) is 0 Å². The minimum atomic E-state index is -0.398. The van der Waals surface area contributed by atoms with E-state index in [4.69, 9.17) is 9.97 Å². The largest absolute Gasteiger partial charge is 0.352 e. The maximum Gasteiger partial charge on any atom is 0.254 e. The van der Waals surface area contributed by atoms with Crippen molar-refractivity contribution in [3.63, 3.8) is 0 Å². The standard InChI is InChI=1S/C26H23FN4O/c1-18-9-11-19(12-10-18)24-28-23-8-3-2-7-22(23)25(29-24)30-13-15-31(16-14-30)26(32)20-5-4-6-21(27)17-20/h2-12,17H,13-16H2,1H3. The molecule has 3 aromatic carbocycles. The lowest BCUT2D eigenvalue weighted by molar-refractivity contribution is 0.0746. The number of rotatable bonds is 3. The lowest BCUT2D eigenvalue weighted by atomic mass is 10.1. The number of benzene rings is 3. The smallest absolute Gasteiger partial charge is 0.254 e. The van der Waals surface area contributed by atoms with Crippen LogP contribution >= 0.6 is 0 Å². The second-order valence-corrected chi connectivity index (χ2v) is 8.04. The van der Waals surface area contributed by atoms with Gasteiger partial charge in [-0.25, -0.2) is 14.4 Å². The molecule has 0 bridgehead atoms. The Bertz CT molecular complexity index is 1280. The van der Waals surface area contributed by atoms with Gasteiger partial charge in [-0.3, -0.25) is 4.79 Å². The van der Waals surface area contributed by atoms with Crippen LogP contribution in [0, 0.1) is 12.7 Å². The molecule has 1 aromatic heterocycles. The third-order valence-electron chi connectivity index (χ3n) is 5.83. The molecular weight excluding hydrogens is 403 g/mol. The summed E-state index contributed by atoms with van der Waals surface area (Å²) < 4.78 is 13.5. The second kappa shape index (κ2) is 8.38. The van der Waals surface area contributed by atoms with E-state index in [0.717, 1.165) is 22.3 Å². The Hall–Kier alpha value is -3.80. The van der Waals surface area contributed by atoms with Gasteiger partial charge in [0, 0.05) is 42.7 Å². The van der Waals surface area contributed by atoms with Crippen LogP contribution in [0.25, 0.3) is 22.3 Å². The summed E-state index contributed by atoms with van der Waals surface area (Å²) in [5.74, 6) is 1.03. The average molecular weight is 426 g/mol. The van der Waals surface area contributed by atoms with Crippen molar-refractivity contribution >= 4 is 22.6 Å². The Balaban J connectivity index is 1.42. The SMILES string of the molecule is Cc1ccc(-c2nc(N3CCN(C(=O)c4cccc(F)c4)CC3)c3ccccc3n2)cc1. The first-order valence-corrected chi connectivity index (χ1v) is 10.7. The van der Waals surface area contributed by atoms with Crippen LogP contribution in [0.4, 0.5) is 10.2 Å². The van der Waals surface area contributed by atoms with Crippen LogP contribution in [-0.4, -0.2) is 47.0 Å². The van der Waals surface area contributed by atoms with Crippen molar-refractivity contribution in [1.82, 2.24) is 14.9 Å². The third kappa shape index (κ3) is 3.91. The number of aromatic nitrogens is 2. The summed E-state index contributed by atoms with van der Waals surface area (Å²) in [5.41, 5.74) is 3.44. The molecule has 0 spiro atoms. The van der Waals surface area contributed by atoms with Crippen molar-refractivity contribution in [3.8, 4) is 11.4 Å². The molecule has 1 saturated heterocycles. The summed E-state index contributed by atoms with van der Waals surface area (Å²) >= 11 is 0. The molecule has 0 saturated carbocycles. The van der Waals surface area contributed by atoms with Crippen LogP contribution in [0.5, 0.6) is 0 Å². The lowest BCUT2D eigenvalue weighted by Gasteiger charge is -2.36. The second-order valence-electron chi connectivity index (χ2n) is 8.04.